The molecule has 44 heavy (non-hydrogen) atoms. The van der Waals surface area contributed by atoms with Gasteiger partial charge in [-0.25, -0.2) is 15.0 Å². The largest absolute Gasteiger partial charge is 0.247 e. The van der Waals surface area contributed by atoms with Crippen LogP contribution in [0.25, 0.3) is 78.0 Å². The Balaban J connectivity index is 1.29. The summed E-state index contributed by atoms with van der Waals surface area (Å²) < 4.78 is 0. The maximum Gasteiger partial charge on any atom is 0.160 e. The summed E-state index contributed by atoms with van der Waals surface area (Å²) in [5.74, 6) is 0.684. The predicted octanol–water partition coefficient (Wildman–Crippen LogP) is 10.5. The Kier molecular flexibility index (Phi) is 6.47. The fourth-order valence-corrected chi connectivity index (χ4v) is 5.90. The van der Waals surface area contributed by atoms with Gasteiger partial charge in [0.1, 0.15) is 0 Å². The summed E-state index contributed by atoms with van der Waals surface area (Å²) >= 11 is 0. The Labute approximate surface area is 256 Å². The average Bonchev–Trinajstić information content (AvgIpc) is 3.11. The first-order valence-electron chi connectivity index (χ1n) is 14.8. The van der Waals surface area contributed by atoms with Crippen molar-refractivity contribution in [1.29, 1.82) is 0 Å². The smallest absolute Gasteiger partial charge is 0.160 e. The summed E-state index contributed by atoms with van der Waals surface area (Å²) in [4.78, 5) is 15.4. The van der Waals surface area contributed by atoms with E-state index in [4.69, 9.17) is 15.0 Å². The monoisotopic (exact) mass is 561 g/mol. The molecule has 6 aromatic carbocycles. The van der Waals surface area contributed by atoms with Crippen LogP contribution in [0.3, 0.4) is 0 Å². The van der Waals surface area contributed by atoms with Gasteiger partial charge < -0.3 is 0 Å². The van der Waals surface area contributed by atoms with Crippen molar-refractivity contribution in [2.24, 2.45) is 0 Å². The van der Waals surface area contributed by atoms with E-state index >= 15 is 0 Å². The Bertz CT molecular complexity index is 2200. The first kappa shape index (κ1) is 25.8. The van der Waals surface area contributed by atoms with Crippen molar-refractivity contribution in [3.8, 4) is 56.3 Å². The van der Waals surface area contributed by atoms with E-state index in [2.05, 4.69) is 127 Å². The van der Waals surface area contributed by atoms with Crippen LogP contribution in [0.2, 0.25) is 0 Å². The zero-order valence-electron chi connectivity index (χ0n) is 23.9. The van der Waals surface area contributed by atoms with Gasteiger partial charge in [0.25, 0.3) is 0 Å². The maximum atomic E-state index is 5.30. The molecule has 0 bridgehead atoms. The highest BCUT2D eigenvalue weighted by Gasteiger charge is 2.14. The number of nitrogens with zero attached hydrogens (tertiary/aromatic N) is 3. The molecule has 0 atom stereocenters. The molecule has 8 aromatic rings. The minimum absolute atomic E-state index is 0.684. The molecule has 0 fully saturated rings. The van der Waals surface area contributed by atoms with E-state index in [1.165, 1.54) is 10.8 Å². The van der Waals surface area contributed by atoms with E-state index in [1.54, 1.807) is 0 Å². The number of hydrogen-bond donors (Lipinski definition) is 0. The molecule has 2 heterocycles. The number of pyridine rings is 1. The van der Waals surface area contributed by atoms with Crippen LogP contribution >= 0.6 is 0 Å². The third-order valence-electron chi connectivity index (χ3n) is 8.05. The van der Waals surface area contributed by atoms with Crippen molar-refractivity contribution in [2.75, 3.05) is 0 Å². The molecule has 0 saturated carbocycles. The summed E-state index contributed by atoms with van der Waals surface area (Å²) in [6.07, 6.45) is 0. The van der Waals surface area contributed by atoms with Crippen molar-refractivity contribution in [1.82, 2.24) is 15.0 Å². The first-order chi connectivity index (χ1) is 21.8. The molecule has 206 valence electrons. The first-order valence-corrected chi connectivity index (χ1v) is 14.8. The highest BCUT2D eigenvalue weighted by molar-refractivity contribution is 6.11. The number of benzene rings is 6. The molecule has 3 nitrogen and oxygen atoms in total. The second-order valence-corrected chi connectivity index (χ2v) is 10.9. The SMILES string of the molecule is c1ccc(-c2cc(-c3ccccc3)nc(-c3cccc(-c4ccc5cc6ccccc6c(-c6ccccc6)c5n4)c3)n2)cc1. The summed E-state index contributed by atoms with van der Waals surface area (Å²) in [5.41, 5.74) is 10.1. The molecule has 0 unspecified atom stereocenters. The normalized spacial score (nSPS) is 11.2. The summed E-state index contributed by atoms with van der Waals surface area (Å²) in [6.45, 7) is 0. The number of aromatic nitrogens is 3. The van der Waals surface area contributed by atoms with Gasteiger partial charge in [0.2, 0.25) is 0 Å². The van der Waals surface area contributed by atoms with E-state index < -0.39 is 0 Å². The lowest BCUT2D eigenvalue weighted by atomic mass is 9.94. The third-order valence-corrected chi connectivity index (χ3v) is 8.05. The molecule has 0 amide bonds. The van der Waals surface area contributed by atoms with Crippen LogP contribution in [-0.2, 0) is 0 Å². The van der Waals surface area contributed by atoms with E-state index in [9.17, 15) is 0 Å². The Hall–Kier alpha value is -5.93. The zero-order chi connectivity index (χ0) is 29.3. The van der Waals surface area contributed by atoms with Crippen LogP contribution in [0.5, 0.6) is 0 Å². The van der Waals surface area contributed by atoms with Crippen molar-refractivity contribution < 1.29 is 0 Å². The van der Waals surface area contributed by atoms with Crippen LogP contribution < -0.4 is 0 Å². The maximum absolute atomic E-state index is 5.30. The lowest BCUT2D eigenvalue weighted by Gasteiger charge is -2.13. The van der Waals surface area contributed by atoms with E-state index in [0.29, 0.717) is 5.82 Å². The molecule has 0 N–H and O–H groups in total. The molecule has 0 aliphatic rings. The highest BCUT2D eigenvalue weighted by atomic mass is 14.9. The predicted molar refractivity (Wildman–Crippen MR) is 182 cm³/mol. The molecule has 8 rings (SSSR count). The van der Waals surface area contributed by atoms with Gasteiger partial charge in [-0.2, -0.15) is 0 Å². The summed E-state index contributed by atoms with van der Waals surface area (Å²) in [7, 11) is 0. The Morgan fingerprint density at radius 1 is 0.318 bits per heavy atom. The fourth-order valence-electron chi connectivity index (χ4n) is 5.90. The van der Waals surface area contributed by atoms with Crippen LogP contribution in [0.4, 0.5) is 0 Å². The van der Waals surface area contributed by atoms with Crippen molar-refractivity contribution in [3.63, 3.8) is 0 Å². The molecule has 0 aliphatic heterocycles. The van der Waals surface area contributed by atoms with Crippen molar-refractivity contribution >= 4 is 21.7 Å². The van der Waals surface area contributed by atoms with Crippen LogP contribution in [0.1, 0.15) is 0 Å². The molecular formula is C41H27N3. The molecule has 0 aliphatic carbocycles. The quantitative estimate of drug-likeness (QED) is 0.196. The molecular weight excluding hydrogens is 534 g/mol. The molecule has 2 aromatic heterocycles. The second kappa shape index (κ2) is 11.0. The molecule has 3 heteroatoms. The van der Waals surface area contributed by atoms with Gasteiger partial charge in [-0.15, -0.1) is 0 Å². The van der Waals surface area contributed by atoms with Gasteiger partial charge in [0, 0.05) is 33.2 Å². The van der Waals surface area contributed by atoms with Gasteiger partial charge in [0.05, 0.1) is 22.6 Å². The van der Waals surface area contributed by atoms with Gasteiger partial charge in [0.15, 0.2) is 5.82 Å². The van der Waals surface area contributed by atoms with E-state index in [1.807, 2.05) is 36.4 Å². The molecule has 0 radical (unpaired) electrons. The average molecular weight is 562 g/mol. The van der Waals surface area contributed by atoms with E-state index in [-0.39, 0.29) is 0 Å². The minimum atomic E-state index is 0.684. The fraction of sp³-hybridized carbons (Fsp3) is 0. The van der Waals surface area contributed by atoms with Crippen LogP contribution in [0.15, 0.2) is 164 Å². The minimum Gasteiger partial charge on any atom is -0.247 e. The van der Waals surface area contributed by atoms with Gasteiger partial charge in [-0.1, -0.05) is 140 Å². The van der Waals surface area contributed by atoms with E-state index in [0.717, 1.165) is 61.4 Å². The molecule has 0 saturated heterocycles. The highest BCUT2D eigenvalue weighted by Crippen LogP contribution is 2.37. The van der Waals surface area contributed by atoms with Gasteiger partial charge in [-0.3, -0.25) is 0 Å². The van der Waals surface area contributed by atoms with Gasteiger partial charge in [-0.05, 0) is 40.6 Å². The Morgan fingerprint density at radius 3 is 1.57 bits per heavy atom. The third kappa shape index (κ3) is 4.81. The van der Waals surface area contributed by atoms with Crippen molar-refractivity contribution in [3.05, 3.63) is 164 Å². The zero-order valence-corrected chi connectivity index (χ0v) is 23.9. The topological polar surface area (TPSA) is 38.7 Å². The molecule has 0 spiro atoms. The van der Waals surface area contributed by atoms with Crippen molar-refractivity contribution in [2.45, 2.75) is 0 Å². The number of hydrogen-bond acceptors (Lipinski definition) is 3. The second-order valence-electron chi connectivity index (χ2n) is 10.9. The summed E-state index contributed by atoms with van der Waals surface area (Å²) in [6, 6.07) is 56.7. The lowest BCUT2D eigenvalue weighted by Crippen LogP contribution is -1.96. The number of fused-ring (bicyclic) bond motifs is 2. The standard InChI is InChI=1S/C41H27N3/c1-4-13-28(14-5-1)37-27-38(29-15-6-2-7-16-29)44-41(43-37)34-21-12-20-32(26-34)36-24-23-33-25-31-19-10-11-22-35(31)39(40(33)42-36)30-17-8-3-9-18-30/h1-27H. The van der Waals surface area contributed by atoms with Gasteiger partial charge >= 0.3 is 0 Å². The Morgan fingerprint density at radius 2 is 0.886 bits per heavy atom. The lowest BCUT2D eigenvalue weighted by molar-refractivity contribution is 1.18. The number of rotatable bonds is 5. The van der Waals surface area contributed by atoms with Crippen LogP contribution in [-0.4, -0.2) is 15.0 Å². The van der Waals surface area contributed by atoms with Crippen LogP contribution in [0, 0.1) is 0 Å². The summed E-state index contributed by atoms with van der Waals surface area (Å²) in [5, 5.41) is 3.53.